The Bertz CT molecular complexity index is 1030. The van der Waals surface area contributed by atoms with Crippen molar-refractivity contribution in [1.82, 2.24) is 0 Å². The summed E-state index contributed by atoms with van der Waals surface area (Å²) in [6.45, 7) is 0. The van der Waals surface area contributed by atoms with Crippen molar-refractivity contribution in [3.8, 4) is 5.75 Å². The fraction of sp³-hybridized carbons (Fsp3) is 0.316. The topological polar surface area (TPSA) is 184 Å². The maximum atomic E-state index is 13.0. The van der Waals surface area contributed by atoms with Gasteiger partial charge in [-0.05, 0) is 30.4 Å². The summed E-state index contributed by atoms with van der Waals surface area (Å²) < 4.78 is 0. The van der Waals surface area contributed by atoms with Crippen molar-refractivity contribution >= 4 is 17.5 Å². The van der Waals surface area contributed by atoms with E-state index in [2.05, 4.69) is 0 Å². The lowest BCUT2D eigenvalue weighted by atomic mass is 9.59. The summed E-state index contributed by atoms with van der Waals surface area (Å²) in [6.07, 6.45) is 0.259. The number of Topliss-reactive ketones (excluding diaryl/α,β-unsaturated/α-hetero) is 2. The summed E-state index contributed by atoms with van der Waals surface area (Å²) in [5, 5.41) is 42.2. The van der Waals surface area contributed by atoms with Crippen LogP contribution < -0.4 is 11.5 Å². The zero-order valence-corrected chi connectivity index (χ0v) is 14.5. The minimum Gasteiger partial charge on any atom is -0.510 e. The molecule has 0 heterocycles. The van der Waals surface area contributed by atoms with Crippen LogP contribution in [0.1, 0.15) is 22.3 Å². The van der Waals surface area contributed by atoms with Gasteiger partial charge in [0.1, 0.15) is 22.8 Å². The van der Waals surface area contributed by atoms with Crippen LogP contribution in [-0.4, -0.2) is 49.5 Å². The van der Waals surface area contributed by atoms with Crippen LogP contribution in [0.2, 0.25) is 0 Å². The summed E-state index contributed by atoms with van der Waals surface area (Å²) in [5.74, 6) is -7.02. The molecule has 0 bridgehead atoms. The summed E-state index contributed by atoms with van der Waals surface area (Å²) in [5.41, 5.74) is 7.87. The van der Waals surface area contributed by atoms with Gasteiger partial charge in [0.25, 0.3) is 5.91 Å². The molecule has 8 N–H and O–H groups in total. The minimum atomic E-state index is -2.67. The van der Waals surface area contributed by atoms with E-state index in [9.17, 15) is 34.8 Å². The lowest BCUT2D eigenvalue weighted by Gasteiger charge is -2.47. The molecule has 0 aliphatic heterocycles. The van der Waals surface area contributed by atoms with Crippen molar-refractivity contribution in [2.75, 3.05) is 0 Å². The first-order chi connectivity index (χ1) is 13.1. The standard InChI is InChI=1S/C19H18N2O7/c20-13-8-5-7-4-6-2-1-3-9(22)10(6)14(23)11(7)16(25)19(8,28)17(26)12(15(13)24)18(21)27/h1-3,7-8,13,22,24-25,28H,4-5,20H2,(H2,21,27). The fourth-order valence-electron chi connectivity index (χ4n) is 4.65. The third kappa shape index (κ3) is 2.05. The smallest absolute Gasteiger partial charge is 0.255 e. The van der Waals surface area contributed by atoms with Crippen molar-refractivity contribution in [2.45, 2.75) is 24.5 Å². The third-order valence-electron chi connectivity index (χ3n) is 5.99. The van der Waals surface area contributed by atoms with Crippen LogP contribution in [0.5, 0.6) is 5.75 Å². The SMILES string of the molecule is NC(=O)C1=C(O)C(N)C2CC3Cc4cccc(O)c4C(=O)C3=C(O)C2(O)C1=O. The van der Waals surface area contributed by atoms with E-state index in [1.165, 1.54) is 6.07 Å². The van der Waals surface area contributed by atoms with Gasteiger partial charge in [-0.25, -0.2) is 0 Å². The van der Waals surface area contributed by atoms with Crippen LogP contribution >= 0.6 is 0 Å². The molecule has 4 unspecified atom stereocenters. The van der Waals surface area contributed by atoms with E-state index in [1.54, 1.807) is 12.1 Å². The Labute approximate surface area is 158 Å². The van der Waals surface area contributed by atoms with Crippen LogP contribution in [0, 0.1) is 11.8 Å². The van der Waals surface area contributed by atoms with Gasteiger partial charge >= 0.3 is 0 Å². The molecule has 3 aliphatic carbocycles. The van der Waals surface area contributed by atoms with E-state index < -0.39 is 58.0 Å². The second kappa shape index (κ2) is 5.66. The maximum absolute atomic E-state index is 13.0. The number of rotatable bonds is 1. The number of aromatic hydroxyl groups is 1. The number of carbonyl (C=O) groups excluding carboxylic acids is 3. The molecule has 1 aromatic carbocycles. The van der Waals surface area contributed by atoms with Gasteiger partial charge < -0.3 is 31.9 Å². The molecule has 146 valence electrons. The van der Waals surface area contributed by atoms with Gasteiger partial charge in [0.05, 0.1) is 11.6 Å². The Morgan fingerprint density at radius 2 is 1.86 bits per heavy atom. The number of phenols is 1. The monoisotopic (exact) mass is 386 g/mol. The largest absolute Gasteiger partial charge is 0.510 e. The molecule has 0 aromatic heterocycles. The molecule has 4 rings (SSSR count). The molecule has 0 spiro atoms. The van der Waals surface area contributed by atoms with E-state index in [-0.39, 0.29) is 29.7 Å². The number of ketones is 2. The normalized spacial score (nSPS) is 32.0. The summed E-state index contributed by atoms with van der Waals surface area (Å²) in [6, 6.07) is 3.23. The Hall–Kier alpha value is -3.17. The number of aliphatic hydroxyl groups excluding tert-OH is 2. The molecule has 1 amide bonds. The summed E-state index contributed by atoms with van der Waals surface area (Å²) in [7, 11) is 0. The highest BCUT2D eigenvalue weighted by atomic mass is 16.3. The number of hydrogen-bond acceptors (Lipinski definition) is 8. The van der Waals surface area contributed by atoms with Crippen molar-refractivity contribution in [3.63, 3.8) is 0 Å². The van der Waals surface area contributed by atoms with Gasteiger partial charge in [0, 0.05) is 11.5 Å². The zero-order chi connectivity index (χ0) is 20.5. The molecule has 9 nitrogen and oxygen atoms in total. The van der Waals surface area contributed by atoms with Crippen LogP contribution in [0.4, 0.5) is 0 Å². The molecule has 0 saturated carbocycles. The van der Waals surface area contributed by atoms with Crippen LogP contribution in [0.3, 0.4) is 0 Å². The number of benzene rings is 1. The number of allylic oxidation sites excluding steroid dienone is 1. The number of nitrogens with two attached hydrogens (primary N) is 2. The predicted molar refractivity (Wildman–Crippen MR) is 94.2 cm³/mol. The number of hydrogen-bond donors (Lipinski definition) is 6. The number of carbonyl (C=O) groups is 3. The van der Waals surface area contributed by atoms with Gasteiger partial charge in [-0.3, -0.25) is 14.4 Å². The van der Waals surface area contributed by atoms with E-state index in [4.69, 9.17) is 11.5 Å². The highest BCUT2D eigenvalue weighted by Crippen LogP contribution is 2.50. The van der Waals surface area contributed by atoms with E-state index in [0.29, 0.717) is 5.56 Å². The molecule has 0 radical (unpaired) electrons. The number of aliphatic hydroxyl groups is 3. The average molecular weight is 386 g/mol. The molecule has 1 aromatic rings. The first-order valence-corrected chi connectivity index (χ1v) is 8.65. The number of primary amides is 1. The third-order valence-corrected chi connectivity index (χ3v) is 5.99. The highest BCUT2D eigenvalue weighted by Gasteiger charge is 2.62. The predicted octanol–water partition coefficient (Wildman–Crippen LogP) is -0.482. The van der Waals surface area contributed by atoms with E-state index in [0.717, 1.165) is 0 Å². The molecular formula is C19H18N2O7. The molecular weight excluding hydrogens is 368 g/mol. The van der Waals surface area contributed by atoms with Gasteiger partial charge in [-0.1, -0.05) is 12.1 Å². The van der Waals surface area contributed by atoms with E-state index >= 15 is 0 Å². The number of amides is 1. The van der Waals surface area contributed by atoms with Gasteiger partial charge in [-0.2, -0.15) is 0 Å². The van der Waals surface area contributed by atoms with Crippen molar-refractivity contribution in [3.05, 3.63) is 52.0 Å². The van der Waals surface area contributed by atoms with Crippen LogP contribution in [0.25, 0.3) is 0 Å². The molecule has 0 fully saturated rings. The average Bonchev–Trinajstić information content (AvgIpc) is 2.62. The van der Waals surface area contributed by atoms with Gasteiger partial charge in [-0.15, -0.1) is 0 Å². The molecule has 4 atom stereocenters. The summed E-state index contributed by atoms with van der Waals surface area (Å²) in [4.78, 5) is 37.4. The lowest BCUT2D eigenvalue weighted by molar-refractivity contribution is -0.145. The number of fused-ring (bicyclic) bond motifs is 3. The molecule has 0 saturated heterocycles. The molecule has 28 heavy (non-hydrogen) atoms. The van der Waals surface area contributed by atoms with Crippen molar-refractivity contribution in [2.24, 2.45) is 23.3 Å². The van der Waals surface area contributed by atoms with Crippen molar-refractivity contribution in [1.29, 1.82) is 0 Å². The lowest BCUT2D eigenvalue weighted by Crippen LogP contribution is -2.63. The second-order valence-corrected chi connectivity index (χ2v) is 7.39. The second-order valence-electron chi connectivity index (χ2n) is 7.39. The quantitative estimate of drug-likeness (QED) is 0.349. The van der Waals surface area contributed by atoms with E-state index in [1.807, 2.05) is 0 Å². The zero-order valence-electron chi connectivity index (χ0n) is 14.5. The van der Waals surface area contributed by atoms with Gasteiger partial charge in [0.2, 0.25) is 5.78 Å². The van der Waals surface area contributed by atoms with Crippen molar-refractivity contribution < 1.29 is 34.8 Å². The summed E-state index contributed by atoms with van der Waals surface area (Å²) >= 11 is 0. The first-order valence-electron chi connectivity index (χ1n) is 8.65. The van der Waals surface area contributed by atoms with Gasteiger partial charge in [0.15, 0.2) is 11.4 Å². The van der Waals surface area contributed by atoms with Crippen LogP contribution in [0.15, 0.2) is 40.9 Å². The Morgan fingerprint density at radius 3 is 2.50 bits per heavy atom. The minimum absolute atomic E-state index is 0.000260. The molecule has 3 aliphatic rings. The highest BCUT2D eigenvalue weighted by molar-refractivity contribution is 6.24. The Kier molecular flexibility index (Phi) is 3.68. The Morgan fingerprint density at radius 1 is 1.18 bits per heavy atom. The molecule has 9 heteroatoms. The number of phenolic OH excluding ortho intramolecular Hbond substituents is 1. The van der Waals surface area contributed by atoms with Crippen LogP contribution in [-0.2, 0) is 16.0 Å². The Balaban J connectivity index is 1.95. The first kappa shape index (κ1) is 18.2. The fourth-order valence-corrected chi connectivity index (χ4v) is 4.65. The maximum Gasteiger partial charge on any atom is 0.255 e.